The Labute approximate surface area is 188 Å². The Kier molecular flexibility index (Phi) is 8.84. The average molecular weight is 447 g/mol. The number of carbonyl (C=O) groups is 2. The molecule has 1 aliphatic rings. The number of esters is 1. The zero-order chi connectivity index (χ0) is 22.9. The van der Waals surface area contributed by atoms with Crippen molar-refractivity contribution in [2.75, 3.05) is 26.4 Å². The molecule has 0 saturated carbocycles. The first-order valence-electron chi connectivity index (χ1n) is 11.7. The monoisotopic (exact) mass is 446 g/mol. The fourth-order valence-corrected chi connectivity index (χ4v) is 3.94. The zero-order valence-electron chi connectivity index (χ0n) is 19.4. The Hall–Kier alpha value is -2.68. The summed E-state index contributed by atoms with van der Waals surface area (Å²) in [6.45, 7) is 8.57. The maximum atomic E-state index is 12.8. The van der Waals surface area contributed by atoms with Crippen molar-refractivity contribution in [3.8, 4) is 0 Å². The standard InChI is InChI=1S/C23H34N4O5/c1-4-16-20-18(10-7-13-30-14-8-11-24-22(20)28)27(25-16)12-9-15-31-23(29)21-17(5-2)26-32-19(21)6-3/h4-15H2,1-3H3,(H,24,28). The van der Waals surface area contributed by atoms with Crippen molar-refractivity contribution >= 4 is 11.9 Å². The van der Waals surface area contributed by atoms with Gasteiger partial charge in [0.05, 0.1) is 29.3 Å². The number of aromatic nitrogens is 3. The van der Waals surface area contributed by atoms with Crippen molar-refractivity contribution in [2.45, 2.75) is 72.3 Å². The molecule has 3 heterocycles. The third-order valence-corrected chi connectivity index (χ3v) is 5.59. The highest BCUT2D eigenvalue weighted by atomic mass is 16.5. The summed E-state index contributed by atoms with van der Waals surface area (Å²) in [6, 6.07) is 0. The summed E-state index contributed by atoms with van der Waals surface area (Å²) >= 11 is 0. The highest BCUT2D eigenvalue weighted by Crippen LogP contribution is 2.20. The van der Waals surface area contributed by atoms with Crippen LogP contribution in [0.15, 0.2) is 4.52 Å². The Morgan fingerprint density at radius 2 is 1.91 bits per heavy atom. The minimum atomic E-state index is -0.398. The molecule has 0 atom stereocenters. The van der Waals surface area contributed by atoms with Crippen LogP contribution in [0.4, 0.5) is 0 Å². The lowest BCUT2D eigenvalue weighted by molar-refractivity contribution is 0.0491. The lowest BCUT2D eigenvalue weighted by Crippen LogP contribution is -2.26. The van der Waals surface area contributed by atoms with Gasteiger partial charge in [-0.05, 0) is 32.1 Å². The van der Waals surface area contributed by atoms with Crippen molar-refractivity contribution in [1.82, 2.24) is 20.3 Å². The smallest absolute Gasteiger partial charge is 0.343 e. The lowest BCUT2D eigenvalue weighted by Gasteiger charge is -2.10. The van der Waals surface area contributed by atoms with Crippen LogP contribution in [0.3, 0.4) is 0 Å². The molecule has 1 N–H and O–H groups in total. The van der Waals surface area contributed by atoms with E-state index in [4.69, 9.17) is 19.1 Å². The molecule has 0 unspecified atom stereocenters. The molecule has 0 aliphatic carbocycles. The molecule has 0 spiro atoms. The number of ether oxygens (including phenoxy) is 2. The van der Waals surface area contributed by atoms with Gasteiger partial charge in [0, 0.05) is 39.1 Å². The second-order valence-electron chi connectivity index (χ2n) is 7.79. The van der Waals surface area contributed by atoms with Crippen LogP contribution < -0.4 is 5.32 Å². The molecule has 2 aromatic rings. The van der Waals surface area contributed by atoms with E-state index >= 15 is 0 Å². The summed E-state index contributed by atoms with van der Waals surface area (Å²) in [5.41, 5.74) is 3.50. The van der Waals surface area contributed by atoms with E-state index in [2.05, 4.69) is 10.5 Å². The van der Waals surface area contributed by atoms with E-state index in [1.54, 1.807) is 0 Å². The van der Waals surface area contributed by atoms with Crippen molar-refractivity contribution in [3.05, 3.63) is 34.0 Å². The van der Waals surface area contributed by atoms with E-state index in [0.29, 0.717) is 74.6 Å². The zero-order valence-corrected chi connectivity index (χ0v) is 19.4. The Morgan fingerprint density at radius 3 is 2.66 bits per heavy atom. The number of fused-ring (bicyclic) bond motifs is 1. The van der Waals surface area contributed by atoms with Crippen LogP contribution in [-0.4, -0.2) is 53.2 Å². The van der Waals surface area contributed by atoms with E-state index in [1.807, 2.05) is 25.5 Å². The number of nitrogens with one attached hydrogen (secondary N) is 1. The van der Waals surface area contributed by atoms with Crippen LogP contribution in [0.2, 0.25) is 0 Å². The minimum Gasteiger partial charge on any atom is -0.462 e. The molecule has 1 aliphatic heterocycles. The van der Waals surface area contributed by atoms with E-state index in [1.165, 1.54) is 0 Å². The third kappa shape index (κ3) is 5.56. The number of aryl methyl sites for hydroxylation is 4. The molecule has 0 aromatic carbocycles. The van der Waals surface area contributed by atoms with E-state index in [-0.39, 0.29) is 12.5 Å². The summed E-state index contributed by atoms with van der Waals surface area (Å²) in [6.07, 6.45) is 4.82. The van der Waals surface area contributed by atoms with Crippen molar-refractivity contribution in [1.29, 1.82) is 0 Å². The van der Waals surface area contributed by atoms with Crippen molar-refractivity contribution in [2.24, 2.45) is 0 Å². The predicted octanol–water partition coefficient (Wildman–Crippen LogP) is 2.89. The average Bonchev–Trinajstić information content (AvgIpc) is 3.37. The van der Waals surface area contributed by atoms with Crippen LogP contribution in [0.1, 0.15) is 83.6 Å². The van der Waals surface area contributed by atoms with Gasteiger partial charge < -0.3 is 19.3 Å². The number of carbonyl (C=O) groups excluding carboxylic acids is 2. The van der Waals surface area contributed by atoms with Crippen LogP contribution >= 0.6 is 0 Å². The van der Waals surface area contributed by atoms with Gasteiger partial charge in [0.25, 0.3) is 5.91 Å². The molecule has 176 valence electrons. The molecule has 2 aromatic heterocycles. The van der Waals surface area contributed by atoms with Gasteiger partial charge in [0.2, 0.25) is 0 Å². The number of nitrogens with zero attached hydrogens (tertiary/aromatic N) is 3. The molecule has 1 amide bonds. The van der Waals surface area contributed by atoms with Crippen molar-refractivity contribution < 1.29 is 23.6 Å². The van der Waals surface area contributed by atoms with E-state index in [0.717, 1.165) is 30.7 Å². The summed E-state index contributed by atoms with van der Waals surface area (Å²) < 4.78 is 18.3. The third-order valence-electron chi connectivity index (χ3n) is 5.59. The summed E-state index contributed by atoms with van der Waals surface area (Å²) in [5.74, 6) is 0.0950. The van der Waals surface area contributed by atoms with Crippen LogP contribution in [-0.2, 0) is 41.7 Å². The molecular weight excluding hydrogens is 412 g/mol. The fraction of sp³-hybridized carbons (Fsp3) is 0.652. The number of amides is 1. The molecule has 32 heavy (non-hydrogen) atoms. The molecule has 0 radical (unpaired) electrons. The SMILES string of the molecule is CCc1noc(CC)c1C(=O)OCCCn1nc(CC)c2c1CCCOCCCNC2=O. The lowest BCUT2D eigenvalue weighted by atomic mass is 10.1. The summed E-state index contributed by atoms with van der Waals surface area (Å²) in [4.78, 5) is 25.4. The van der Waals surface area contributed by atoms with Gasteiger partial charge in [0.1, 0.15) is 5.56 Å². The number of rotatable bonds is 8. The van der Waals surface area contributed by atoms with Gasteiger partial charge in [-0.2, -0.15) is 5.10 Å². The first-order chi connectivity index (χ1) is 15.6. The van der Waals surface area contributed by atoms with Gasteiger partial charge in [-0.1, -0.05) is 25.9 Å². The first-order valence-corrected chi connectivity index (χ1v) is 11.7. The van der Waals surface area contributed by atoms with E-state index < -0.39 is 5.97 Å². The maximum Gasteiger partial charge on any atom is 0.343 e. The normalized spacial score (nSPS) is 15.0. The molecule has 3 rings (SSSR count). The Morgan fingerprint density at radius 1 is 1.12 bits per heavy atom. The van der Waals surface area contributed by atoms with Gasteiger partial charge in [-0.15, -0.1) is 0 Å². The molecule has 0 fully saturated rings. The molecular formula is C23H34N4O5. The quantitative estimate of drug-likeness (QED) is 0.490. The van der Waals surface area contributed by atoms with Gasteiger partial charge in [-0.25, -0.2) is 4.79 Å². The molecule has 9 heteroatoms. The Balaban J connectivity index is 1.67. The van der Waals surface area contributed by atoms with Gasteiger partial charge in [0.15, 0.2) is 5.76 Å². The van der Waals surface area contributed by atoms with Crippen molar-refractivity contribution in [3.63, 3.8) is 0 Å². The highest BCUT2D eigenvalue weighted by molar-refractivity contribution is 5.96. The van der Waals surface area contributed by atoms with Crippen LogP contribution in [0, 0.1) is 0 Å². The Bertz CT molecular complexity index is 896. The number of hydrogen-bond donors (Lipinski definition) is 1. The first kappa shape index (κ1) is 24.0. The predicted molar refractivity (Wildman–Crippen MR) is 118 cm³/mol. The van der Waals surface area contributed by atoms with Gasteiger partial charge in [-0.3, -0.25) is 9.48 Å². The molecule has 0 bridgehead atoms. The largest absolute Gasteiger partial charge is 0.462 e. The van der Waals surface area contributed by atoms with Crippen LogP contribution in [0.5, 0.6) is 0 Å². The number of hydrogen-bond acceptors (Lipinski definition) is 7. The summed E-state index contributed by atoms with van der Waals surface area (Å²) in [7, 11) is 0. The van der Waals surface area contributed by atoms with Crippen LogP contribution in [0.25, 0.3) is 0 Å². The molecule has 0 saturated heterocycles. The highest BCUT2D eigenvalue weighted by Gasteiger charge is 2.24. The molecule has 9 nitrogen and oxygen atoms in total. The fourth-order valence-electron chi connectivity index (χ4n) is 3.94. The van der Waals surface area contributed by atoms with Gasteiger partial charge >= 0.3 is 5.97 Å². The minimum absolute atomic E-state index is 0.0666. The topological polar surface area (TPSA) is 108 Å². The second-order valence-corrected chi connectivity index (χ2v) is 7.79. The maximum absolute atomic E-state index is 12.8. The summed E-state index contributed by atoms with van der Waals surface area (Å²) in [5, 5.41) is 11.7. The van der Waals surface area contributed by atoms with E-state index in [9.17, 15) is 9.59 Å². The second kappa shape index (κ2) is 11.8.